The molecule has 3 rings (SSSR count). The van der Waals surface area contributed by atoms with Gasteiger partial charge in [-0.15, -0.1) is 0 Å². The van der Waals surface area contributed by atoms with Crippen LogP contribution in [0.25, 0.3) is 10.2 Å². The van der Waals surface area contributed by atoms with E-state index in [-0.39, 0.29) is 24.3 Å². The molecule has 26 heavy (non-hydrogen) atoms. The molecule has 1 aromatic heterocycles. The second kappa shape index (κ2) is 7.97. The maximum atomic E-state index is 12.5. The van der Waals surface area contributed by atoms with Crippen molar-refractivity contribution in [2.75, 3.05) is 12.4 Å². The Morgan fingerprint density at radius 2 is 1.96 bits per heavy atom. The molecule has 3 aromatic rings. The Bertz CT molecular complexity index is 924. The third kappa shape index (κ3) is 4.37. The van der Waals surface area contributed by atoms with Gasteiger partial charge in [-0.3, -0.25) is 9.59 Å². The summed E-state index contributed by atoms with van der Waals surface area (Å²) in [5.41, 5.74) is 1.68. The minimum atomic E-state index is -0.386. The van der Waals surface area contributed by atoms with Crippen LogP contribution in [0, 0.1) is 0 Å². The van der Waals surface area contributed by atoms with Gasteiger partial charge in [0.05, 0.1) is 29.8 Å². The maximum absolute atomic E-state index is 12.5. The molecule has 0 aliphatic carbocycles. The molecule has 1 heterocycles. The number of ether oxygens (including phenoxy) is 1. The number of rotatable bonds is 6. The second-order valence-electron chi connectivity index (χ2n) is 5.77. The molecule has 0 spiro atoms. The van der Waals surface area contributed by atoms with Gasteiger partial charge in [0.2, 0.25) is 11.8 Å². The lowest BCUT2D eigenvalue weighted by molar-refractivity contribution is -0.120. The molecule has 2 amide bonds. The highest BCUT2D eigenvalue weighted by Gasteiger charge is 2.18. The fraction of sp³-hybridized carbons (Fsp3) is 0.211. The highest BCUT2D eigenvalue weighted by molar-refractivity contribution is 7.22. The molecule has 0 aliphatic rings. The predicted octanol–water partition coefficient (Wildman–Crippen LogP) is 3.51. The molecule has 134 valence electrons. The van der Waals surface area contributed by atoms with Crippen LogP contribution in [0.15, 0.2) is 48.5 Å². The first kappa shape index (κ1) is 17.9. The van der Waals surface area contributed by atoms with Gasteiger partial charge in [0.25, 0.3) is 0 Å². The Labute approximate surface area is 155 Å². The van der Waals surface area contributed by atoms with E-state index in [1.165, 1.54) is 18.3 Å². The highest BCUT2D eigenvalue weighted by atomic mass is 32.1. The topological polar surface area (TPSA) is 80.3 Å². The Balaban J connectivity index is 1.72. The van der Waals surface area contributed by atoms with Crippen molar-refractivity contribution in [1.82, 2.24) is 10.3 Å². The van der Waals surface area contributed by atoms with E-state index in [2.05, 4.69) is 15.6 Å². The maximum Gasteiger partial charge on any atom is 0.228 e. The van der Waals surface area contributed by atoms with Crippen molar-refractivity contribution < 1.29 is 14.3 Å². The van der Waals surface area contributed by atoms with Crippen LogP contribution in [0.3, 0.4) is 0 Å². The van der Waals surface area contributed by atoms with Crippen LogP contribution in [0.1, 0.15) is 24.9 Å². The number of hydrogen-bond donors (Lipinski definition) is 2. The third-order valence-electron chi connectivity index (χ3n) is 3.81. The predicted molar refractivity (Wildman–Crippen MR) is 102 cm³/mol. The first-order valence-corrected chi connectivity index (χ1v) is 8.93. The number of nitrogens with one attached hydrogen (secondary N) is 2. The van der Waals surface area contributed by atoms with Gasteiger partial charge in [-0.1, -0.05) is 41.7 Å². The van der Waals surface area contributed by atoms with E-state index in [1.807, 2.05) is 48.5 Å². The molecule has 0 radical (unpaired) electrons. The van der Waals surface area contributed by atoms with E-state index >= 15 is 0 Å². The van der Waals surface area contributed by atoms with Crippen LogP contribution in [-0.4, -0.2) is 23.9 Å². The summed E-state index contributed by atoms with van der Waals surface area (Å²) in [5, 5.41) is 6.16. The quantitative estimate of drug-likeness (QED) is 0.697. The van der Waals surface area contributed by atoms with Gasteiger partial charge in [0, 0.05) is 6.92 Å². The van der Waals surface area contributed by atoms with E-state index in [9.17, 15) is 9.59 Å². The van der Waals surface area contributed by atoms with E-state index in [4.69, 9.17) is 4.74 Å². The number of amides is 2. The Morgan fingerprint density at radius 1 is 1.19 bits per heavy atom. The summed E-state index contributed by atoms with van der Waals surface area (Å²) in [5.74, 6) is 0.353. The van der Waals surface area contributed by atoms with Crippen molar-refractivity contribution in [2.24, 2.45) is 0 Å². The molecular formula is C19H19N3O3S. The van der Waals surface area contributed by atoms with Crippen molar-refractivity contribution in [1.29, 1.82) is 0 Å². The Kier molecular flexibility index (Phi) is 5.48. The summed E-state index contributed by atoms with van der Waals surface area (Å²) >= 11 is 1.38. The summed E-state index contributed by atoms with van der Waals surface area (Å²) in [6, 6.07) is 14.6. The molecule has 2 aromatic carbocycles. The van der Waals surface area contributed by atoms with Gasteiger partial charge < -0.3 is 15.4 Å². The fourth-order valence-electron chi connectivity index (χ4n) is 2.62. The summed E-state index contributed by atoms with van der Waals surface area (Å²) < 4.78 is 6.13. The molecule has 1 unspecified atom stereocenters. The summed E-state index contributed by atoms with van der Waals surface area (Å²) in [6.07, 6.45) is 0.128. The Morgan fingerprint density at radius 3 is 2.65 bits per heavy atom. The van der Waals surface area contributed by atoms with Crippen LogP contribution in [0.2, 0.25) is 0 Å². The third-order valence-corrected chi connectivity index (χ3v) is 4.74. The second-order valence-corrected chi connectivity index (χ2v) is 6.80. The molecule has 0 aliphatic heterocycles. The highest BCUT2D eigenvalue weighted by Crippen LogP contribution is 2.29. The van der Waals surface area contributed by atoms with Gasteiger partial charge >= 0.3 is 0 Å². The largest absolute Gasteiger partial charge is 0.497 e. The van der Waals surface area contributed by atoms with Gasteiger partial charge in [0.1, 0.15) is 5.75 Å². The molecule has 0 fully saturated rings. The van der Waals surface area contributed by atoms with Crippen molar-refractivity contribution in [2.45, 2.75) is 19.4 Å². The van der Waals surface area contributed by atoms with Crippen LogP contribution < -0.4 is 15.4 Å². The molecule has 2 N–H and O–H groups in total. The lowest BCUT2D eigenvalue weighted by Crippen LogP contribution is -2.29. The number of anilines is 1. The number of fused-ring (bicyclic) bond motifs is 1. The summed E-state index contributed by atoms with van der Waals surface area (Å²) in [4.78, 5) is 28.4. The first-order valence-electron chi connectivity index (χ1n) is 8.11. The monoisotopic (exact) mass is 369 g/mol. The van der Waals surface area contributed by atoms with Crippen LogP contribution in [0.5, 0.6) is 5.75 Å². The zero-order valence-electron chi connectivity index (χ0n) is 14.5. The average molecular weight is 369 g/mol. The number of carbonyl (C=O) groups is 2. The molecule has 7 heteroatoms. The van der Waals surface area contributed by atoms with E-state index in [0.29, 0.717) is 5.13 Å². The minimum Gasteiger partial charge on any atom is -0.497 e. The van der Waals surface area contributed by atoms with Crippen LogP contribution in [0.4, 0.5) is 5.13 Å². The smallest absolute Gasteiger partial charge is 0.228 e. The zero-order chi connectivity index (χ0) is 18.5. The SMILES string of the molecule is COc1ccc2nc(NC(=O)CC(NC(C)=O)c3ccccc3)sc2c1. The zero-order valence-corrected chi connectivity index (χ0v) is 15.3. The molecule has 1 atom stereocenters. The molecule has 0 saturated heterocycles. The van der Waals surface area contributed by atoms with Crippen molar-refractivity contribution >= 4 is 38.5 Å². The number of thiazole rings is 1. The standard InChI is InChI=1S/C19H19N3O3S/c1-12(23)20-16(13-6-4-3-5-7-13)11-18(24)22-19-21-15-9-8-14(25-2)10-17(15)26-19/h3-10,16H,11H2,1-2H3,(H,20,23)(H,21,22,24). The molecule has 0 bridgehead atoms. The lowest BCUT2D eigenvalue weighted by Gasteiger charge is -2.17. The summed E-state index contributed by atoms with van der Waals surface area (Å²) in [6.45, 7) is 1.44. The van der Waals surface area contributed by atoms with Gasteiger partial charge in [0.15, 0.2) is 5.13 Å². The molecule has 0 saturated carbocycles. The number of methoxy groups -OCH3 is 1. The van der Waals surface area contributed by atoms with Crippen LogP contribution >= 0.6 is 11.3 Å². The average Bonchev–Trinajstić information content (AvgIpc) is 3.02. The van der Waals surface area contributed by atoms with Gasteiger partial charge in [-0.2, -0.15) is 0 Å². The first-order chi connectivity index (χ1) is 12.5. The lowest BCUT2D eigenvalue weighted by atomic mass is 10.0. The fourth-order valence-corrected chi connectivity index (χ4v) is 3.53. The van der Waals surface area contributed by atoms with E-state index in [0.717, 1.165) is 21.5 Å². The number of hydrogen-bond acceptors (Lipinski definition) is 5. The van der Waals surface area contributed by atoms with E-state index < -0.39 is 0 Å². The summed E-state index contributed by atoms with van der Waals surface area (Å²) in [7, 11) is 1.61. The normalized spacial score (nSPS) is 11.8. The van der Waals surface area contributed by atoms with Gasteiger partial charge in [-0.05, 0) is 23.8 Å². The van der Waals surface area contributed by atoms with Crippen molar-refractivity contribution in [3.63, 3.8) is 0 Å². The molecular weight excluding hydrogens is 350 g/mol. The van der Waals surface area contributed by atoms with Crippen LogP contribution in [-0.2, 0) is 9.59 Å². The number of aromatic nitrogens is 1. The Hall–Kier alpha value is -2.93. The number of carbonyl (C=O) groups excluding carboxylic acids is 2. The van der Waals surface area contributed by atoms with E-state index in [1.54, 1.807) is 7.11 Å². The van der Waals surface area contributed by atoms with Crippen molar-refractivity contribution in [3.8, 4) is 5.75 Å². The number of nitrogens with zero attached hydrogens (tertiary/aromatic N) is 1. The number of benzene rings is 2. The van der Waals surface area contributed by atoms with Gasteiger partial charge in [-0.25, -0.2) is 4.98 Å². The minimum absolute atomic E-state index is 0.128. The molecule has 6 nitrogen and oxygen atoms in total. The van der Waals surface area contributed by atoms with Crippen molar-refractivity contribution in [3.05, 3.63) is 54.1 Å².